The summed E-state index contributed by atoms with van der Waals surface area (Å²) in [6.07, 6.45) is 0.611. The van der Waals surface area contributed by atoms with E-state index in [-0.39, 0.29) is 12.4 Å². The molecule has 4 aromatic carbocycles. The number of hydrogen-bond acceptors (Lipinski definition) is 3. The lowest BCUT2D eigenvalue weighted by Crippen LogP contribution is -2.04. The smallest absolute Gasteiger partial charge is 0.157 e. The van der Waals surface area contributed by atoms with Crippen LogP contribution < -0.4 is 9.47 Å². The zero-order valence-corrected chi connectivity index (χ0v) is 20.2. The molecule has 0 unspecified atom stereocenters. The number of benzene rings is 4. The van der Waals surface area contributed by atoms with Crippen molar-refractivity contribution in [1.29, 1.82) is 0 Å². The van der Waals surface area contributed by atoms with E-state index in [1.807, 2.05) is 95.6 Å². The maximum absolute atomic E-state index is 16.1. The van der Waals surface area contributed by atoms with Crippen molar-refractivity contribution in [2.24, 2.45) is 0 Å². The van der Waals surface area contributed by atoms with E-state index in [9.17, 15) is 5.11 Å². The van der Waals surface area contributed by atoms with Gasteiger partial charge in [0.25, 0.3) is 0 Å². The number of para-hydroxylation sites is 1. The van der Waals surface area contributed by atoms with Gasteiger partial charge in [-0.25, -0.2) is 4.39 Å². The first-order valence-corrected chi connectivity index (χ1v) is 12.0. The lowest BCUT2D eigenvalue weighted by Gasteiger charge is -2.14. The number of methoxy groups -OCH3 is 1. The highest BCUT2D eigenvalue weighted by atomic mass is 19.1. The monoisotopic (exact) mass is 481 g/mol. The molecule has 1 heterocycles. The molecule has 0 aliphatic heterocycles. The average Bonchev–Trinajstić information content (AvgIpc) is 3.19. The van der Waals surface area contributed by atoms with Crippen molar-refractivity contribution in [3.05, 3.63) is 120 Å². The van der Waals surface area contributed by atoms with Crippen molar-refractivity contribution in [2.75, 3.05) is 13.7 Å². The molecule has 4 nitrogen and oxygen atoms in total. The third kappa shape index (κ3) is 4.83. The van der Waals surface area contributed by atoms with Crippen LogP contribution in [0.3, 0.4) is 0 Å². The highest BCUT2D eigenvalue weighted by molar-refractivity contribution is 5.90. The van der Waals surface area contributed by atoms with Gasteiger partial charge in [-0.15, -0.1) is 0 Å². The van der Waals surface area contributed by atoms with Gasteiger partial charge in [0, 0.05) is 24.1 Å². The number of aliphatic hydroxyl groups excluding tert-OH is 1. The van der Waals surface area contributed by atoms with Gasteiger partial charge >= 0.3 is 0 Å². The second-order valence-corrected chi connectivity index (χ2v) is 8.69. The van der Waals surface area contributed by atoms with E-state index in [0.29, 0.717) is 47.7 Å². The topological polar surface area (TPSA) is 43.6 Å². The SMILES string of the molecule is COc1ccccc1-c1c(F)c2cc(OCc3ccccc3)ccc2n1Cc1ccc(CCO)cc1. The first kappa shape index (κ1) is 23.6. The molecule has 5 rings (SSSR count). The third-order valence-corrected chi connectivity index (χ3v) is 6.35. The molecule has 0 fully saturated rings. The van der Waals surface area contributed by atoms with E-state index in [4.69, 9.17) is 9.47 Å². The van der Waals surface area contributed by atoms with Crippen LogP contribution in [-0.2, 0) is 19.6 Å². The Hall–Kier alpha value is -4.09. The van der Waals surface area contributed by atoms with Crippen LogP contribution in [0.2, 0.25) is 0 Å². The Kier molecular flexibility index (Phi) is 7.01. The van der Waals surface area contributed by atoms with E-state index in [1.165, 1.54) is 0 Å². The van der Waals surface area contributed by atoms with Crippen LogP contribution in [0.5, 0.6) is 11.5 Å². The lowest BCUT2D eigenvalue weighted by molar-refractivity contribution is 0.299. The largest absolute Gasteiger partial charge is 0.496 e. The van der Waals surface area contributed by atoms with Crippen molar-refractivity contribution >= 4 is 10.9 Å². The summed E-state index contributed by atoms with van der Waals surface area (Å²) in [7, 11) is 1.60. The Morgan fingerprint density at radius 3 is 2.28 bits per heavy atom. The molecular formula is C31H28FNO3. The van der Waals surface area contributed by atoms with E-state index in [2.05, 4.69) is 0 Å². The fraction of sp³-hybridized carbons (Fsp3) is 0.161. The van der Waals surface area contributed by atoms with Crippen LogP contribution in [-0.4, -0.2) is 23.4 Å². The van der Waals surface area contributed by atoms with Crippen LogP contribution >= 0.6 is 0 Å². The maximum Gasteiger partial charge on any atom is 0.157 e. The Bertz CT molecular complexity index is 1460. The van der Waals surface area contributed by atoms with Crippen LogP contribution in [0.25, 0.3) is 22.2 Å². The summed E-state index contributed by atoms with van der Waals surface area (Å²) in [6.45, 7) is 1.01. The summed E-state index contributed by atoms with van der Waals surface area (Å²) in [5.41, 5.74) is 5.10. The quantitative estimate of drug-likeness (QED) is 0.257. The van der Waals surface area contributed by atoms with E-state index in [0.717, 1.165) is 22.2 Å². The van der Waals surface area contributed by atoms with Crippen LogP contribution in [0.1, 0.15) is 16.7 Å². The van der Waals surface area contributed by atoms with Crippen molar-refractivity contribution in [2.45, 2.75) is 19.6 Å². The molecule has 0 spiro atoms. The highest BCUT2D eigenvalue weighted by Gasteiger charge is 2.22. The fourth-order valence-corrected chi connectivity index (χ4v) is 4.51. The molecule has 0 aliphatic carbocycles. The van der Waals surface area contributed by atoms with Crippen molar-refractivity contribution in [3.8, 4) is 22.8 Å². The lowest BCUT2D eigenvalue weighted by atomic mass is 10.1. The summed E-state index contributed by atoms with van der Waals surface area (Å²) in [6, 6.07) is 31.0. The molecule has 1 aromatic heterocycles. The van der Waals surface area contributed by atoms with Gasteiger partial charge in [0.1, 0.15) is 18.1 Å². The molecule has 0 bridgehead atoms. The van der Waals surface area contributed by atoms with Gasteiger partial charge in [0.05, 0.1) is 18.3 Å². The number of fused-ring (bicyclic) bond motifs is 1. The summed E-state index contributed by atoms with van der Waals surface area (Å²) in [4.78, 5) is 0. The third-order valence-electron chi connectivity index (χ3n) is 6.35. The van der Waals surface area contributed by atoms with Crippen LogP contribution in [0.4, 0.5) is 4.39 Å². The van der Waals surface area contributed by atoms with Gasteiger partial charge in [0.15, 0.2) is 5.82 Å². The van der Waals surface area contributed by atoms with Gasteiger partial charge < -0.3 is 19.1 Å². The number of halogens is 1. The summed E-state index contributed by atoms with van der Waals surface area (Å²) in [5, 5.41) is 9.71. The maximum atomic E-state index is 16.1. The predicted octanol–water partition coefficient (Wildman–Crippen LogP) is 6.62. The standard InChI is InChI=1S/C31H28FNO3/c1-35-29-10-6-5-9-26(29)31-30(32)27-19-25(36-21-24-7-3-2-4-8-24)15-16-28(27)33(31)20-23-13-11-22(12-14-23)17-18-34/h2-16,19,34H,17-18,20-21H2,1H3. The first-order valence-electron chi connectivity index (χ1n) is 12.0. The van der Waals surface area contributed by atoms with Crippen molar-refractivity contribution in [3.63, 3.8) is 0 Å². The number of ether oxygens (including phenoxy) is 2. The molecule has 36 heavy (non-hydrogen) atoms. The molecule has 0 aliphatic rings. The Labute approximate surface area is 210 Å². The Morgan fingerprint density at radius 2 is 1.53 bits per heavy atom. The zero-order chi connectivity index (χ0) is 24.9. The molecule has 0 saturated carbocycles. The zero-order valence-electron chi connectivity index (χ0n) is 20.2. The molecule has 0 radical (unpaired) electrons. The van der Waals surface area contributed by atoms with Gasteiger partial charge in [0.2, 0.25) is 0 Å². The summed E-state index contributed by atoms with van der Waals surface area (Å²) < 4.78 is 29.7. The van der Waals surface area contributed by atoms with Crippen molar-refractivity contribution < 1.29 is 19.0 Å². The molecule has 5 aromatic rings. The predicted molar refractivity (Wildman–Crippen MR) is 141 cm³/mol. The molecular weight excluding hydrogens is 453 g/mol. The molecule has 0 amide bonds. The fourth-order valence-electron chi connectivity index (χ4n) is 4.51. The van der Waals surface area contributed by atoms with Gasteiger partial charge in [-0.2, -0.15) is 0 Å². The van der Waals surface area contributed by atoms with E-state index < -0.39 is 0 Å². The Morgan fingerprint density at radius 1 is 0.806 bits per heavy atom. The minimum atomic E-state index is -0.309. The van der Waals surface area contributed by atoms with Gasteiger partial charge in [-0.05, 0) is 53.4 Å². The number of aromatic nitrogens is 1. The average molecular weight is 482 g/mol. The molecule has 0 saturated heterocycles. The number of hydrogen-bond donors (Lipinski definition) is 1. The minimum Gasteiger partial charge on any atom is -0.496 e. The van der Waals surface area contributed by atoms with Crippen LogP contribution in [0, 0.1) is 5.82 Å². The van der Waals surface area contributed by atoms with Crippen molar-refractivity contribution in [1.82, 2.24) is 4.57 Å². The van der Waals surface area contributed by atoms with E-state index in [1.54, 1.807) is 13.2 Å². The molecule has 0 atom stereocenters. The summed E-state index contributed by atoms with van der Waals surface area (Å²) >= 11 is 0. The molecule has 182 valence electrons. The highest BCUT2D eigenvalue weighted by Crippen LogP contribution is 2.39. The molecule has 1 N–H and O–H groups in total. The van der Waals surface area contributed by atoms with E-state index >= 15 is 4.39 Å². The number of nitrogens with zero attached hydrogens (tertiary/aromatic N) is 1. The van der Waals surface area contributed by atoms with Gasteiger partial charge in [-0.1, -0.05) is 66.7 Å². The second-order valence-electron chi connectivity index (χ2n) is 8.69. The number of rotatable bonds is 9. The second kappa shape index (κ2) is 10.7. The summed E-state index contributed by atoms with van der Waals surface area (Å²) in [5.74, 6) is 0.915. The van der Waals surface area contributed by atoms with Gasteiger partial charge in [-0.3, -0.25) is 0 Å². The van der Waals surface area contributed by atoms with Crippen LogP contribution in [0.15, 0.2) is 97.1 Å². The first-order chi connectivity index (χ1) is 17.7. The number of aliphatic hydroxyl groups is 1. The normalized spacial score (nSPS) is 11.1. The minimum absolute atomic E-state index is 0.111. The Balaban J connectivity index is 1.58. The molecule has 5 heteroatoms.